The lowest BCUT2D eigenvalue weighted by Gasteiger charge is -2.11. The van der Waals surface area contributed by atoms with Gasteiger partial charge in [0.2, 0.25) is 0 Å². The molecule has 0 radical (unpaired) electrons. The van der Waals surface area contributed by atoms with E-state index in [0.29, 0.717) is 6.61 Å². The number of nitrogen functional groups attached to an aromatic ring is 1. The van der Waals surface area contributed by atoms with E-state index in [-0.39, 0.29) is 19.0 Å². The molecule has 1 aromatic rings. The predicted octanol–water partition coefficient (Wildman–Crippen LogP) is -0.611. The molecular weight excluding hydrogens is 210 g/mol. The monoisotopic (exact) mass is 225 g/mol. The number of hydrogen-bond donors (Lipinski definition) is 2. The summed E-state index contributed by atoms with van der Waals surface area (Å²) in [5.41, 5.74) is 4.85. The Morgan fingerprint density at radius 3 is 3.12 bits per heavy atom. The van der Waals surface area contributed by atoms with Crippen LogP contribution in [0.25, 0.3) is 0 Å². The molecule has 0 bridgehead atoms. The van der Waals surface area contributed by atoms with Crippen LogP contribution in [-0.2, 0) is 11.3 Å². The number of ether oxygens (including phenoxy) is 1. The van der Waals surface area contributed by atoms with Crippen molar-refractivity contribution >= 4 is 5.82 Å². The summed E-state index contributed by atoms with van der Waals surface area (Å²) < 4.78 is 6.33. The molecule has 0 amide bonds. The number of aromatic nitrogens is 2. The van der Waals surface area contributed by atoms with Gasteiger partial charge in [0.05, 0.1) is 25.9 Å². The molecule has 0 unspecified atom stereocenters. The topological polar surface area (TPSA) is 90.4 Å². The number of nitrogens with zero attached hydrogens (tertiary/aromatic N) is 2. The van der Waals surface area contributed by atoms with Gasteiger partial charge in [0.25, 0.3) is 0 Å². The lowest BCUT2D eigenvalue weighted by atomic mass is 10.3. The summed E-state index contributed by atoms with van der Waals surface area (Å²) in [4.78, 5) is 14.8. The summed E-state index contributed by atoms with van der Waals surface area (Å²) >= 11 is 0. The van der Waals surface area contributed by atoms with E-state index in [1.54, 1.807) is 6.08 Å². The Bertz CT molecular complexity index is 403. The van der Waals surface area contributed by atoms with Crippen molar-refractivity contribution in [2.24, 2.45) is 0 Å². The molecule has 0 aliphatic carbocycles. The highest BCUT2D eigenvalue weighted by molar-refractivity contribution is 5.23. The second-order valence-electron chi connectivity index (χ2n) is 3.27. The van der Waals surface area contributed by atoms with Gasteiger partial charge in [-0.3, -0.25) is 4.57 Å². The molecule has 6 nitrogen and oxygen atoms in total. The van der Waals surface area contributed by atoms with Crippen LogP contribution < -0.4 is 11.4 Å². The van der Waals surface area contributed by atoms with Gasteiger partial charge in [-0.2, -0.15) is 4.98 Å². The summed E-state index contributed by atoms with van der Waals surface area (Å²) in [5, 5.41) is 9.54. The molecule has 6 heteroatoms. The molecule has 0 fully saturated rings. The number of anilines is 1. The lowest BCUT2D eigenvalue weighted by Crippen LogP contribution is -2.30. The molecule has 3 N–H and O–H groups in total. The van der Waals surface area contributed by atoms with Crippen molar-refractivity contribution in [2.45, 2.75) is 12.6 Å². The maximum atomic E-state index is 11.3. The standard InChI is InChI=1S/C10H15N3O3/c1-2-5-16-7-8(14)6-13-4-3-9(11)12-10(13)15/h2-4,8,14H,1,5-7H2,(H2,11,12,15)/t8-/m1/s1. The van der Waals surface area contributed by atoms with E-state index >= 15 is 0 Å². The number of aliphatic hydroxyl groups excluding tert-OH is 1. The van der Waals surface area contributed by atoms with Crippen molar-refractivity contribution in [1.29, 1.82) is 0 Å². The van der Waals surface area contributed by atoms with Crippen LogP contribution in [0.1, 0.15) is 0 Å². The van der Waals surface area contributed by atoms with Gasteiger partial charge in [-0.05, 0) is 6.07 Å². The summed E-state index contributed by atoms with van der Waals surface area (Å²) in [6.45, 7) is 4.12. The number of rotatable bonds is 6. The summed E-state index contributed by atoms with van der Waals surface area (Å²) in [6.07, 6.45) is 2.31. The zero-order valence-electron chi connectivity index (χ0n) is 8.87. The maximum absolute atomic E-state index is 11.3. The highest BCUT2D eigenvalue weighted by Crippen LogP contribution is 1.93. The normalized spacial score (nSPS) is 12.3. The van der Waals surface area contributed by atoms with Crippen LogP contribution >= 0.6 is 0 Å². The van der Waals surface area contributed by atoms with Crippen molar-refractivity contribution in [2.75, 3.05) is 18.9 Å². The van der Waals surface area contributed by atoms with Crippen molar-refractivity contribution in [3.05, 3.63) is 35.4 Å². The Kier molecular flexibility index (Phi) is 4.68. The maximum Gasteiger partial charge on any atom is 0.349 e. The minimum atomic E-state index is -0.761. The first-order chi connectivity index (χ1) is 7.63. The fourth-order valence-corrected chi connectivity index (χ4v) is 1.15. The van der Waals surface area contributed by atoms with Crippen LogP contribution in [0, 0.1) is 0 Å². The summed E-state index contributed by atoms with van der Waals surface area (Å²) in [6, 6.07) is 1.50. The first kappa shape index (κ1) is 12.4. The summed E-state index contributed by atoms with van der Waals surface area (Å²) in [7, 11) is 0. The molecule has 0 saturated heterocycles. The third-order valence-corrected chi connectivity index (χ3v) is 1.85. The molecular formula is C10H15N3O3. The average Bonchev–Trinajstić information content (AvgIpc) is 2.23. The zero-order valence-corrected chi connectivity index (χ0v) is 8.87. The Balaban J connectivity index is 2.52. The third-order valence-electron chi connectivity index (χ3n) is 1.85. The van der Waals surface area contributed by atoms with E-state index in [9.17, 15) is 9.90 Å². The Hall–Kier alpha value is -1.66. The van der Waals surface area contributed by atoms with Gasteiger partial charge in [-0.1, -0.05) is 6.08 Å². The number of hydrogen-bond acceptors (Lipinski definition) is 5. The average molecular weight is 225 g/mol. The zero-order chi connectivity index (χ0) is 12.0. The minimum Gasteiger partial charge on any atom is -0.389 e. The van der Waals surface area contributed by atoms with Gasteiger partial charge >= 0.3 is 5.69 Å². The van der Waals surface area contributed by atoms with E-state index in [2.05, 4.69) is 11.6 Å². The van der Waals surface area contributed by atoms with Gasteiger partial charge in [0.1, 0.15) is 5.82 Å². The molecule has 1 rings (SSSR count). The molecule has 88 valence electrons. The van der Waals surface area contributed by atoms with Crippen molar-refractivity contribution in [3.8, 4) is 0 Å². The second kappa shape index (κ2) is 6.04. The highest BCUT2D eigenvalue weighted by Gasteiger charge is 2.06. The fraction of sp³-hybridized carbons (Fsp3) is 0.400. The Labute approximate surface area is 93.0 Å². The van der Waals surface area contributed by atoms with Gasteiger partial charge in [0.15, 0.2) is 0 Å². The quantitative estimate of drug-likeness (QED) is 0.498. The minimum absolute atomic E-state index is 0.128. The predicted molar refractivity (Wildman–Crippen MR) is 59.9 cm³/mol. The molecule has 0 saturated carbocycles. The van der Waals surface area contributed by atoms with Crippen LogP contribution in [0.5, 0.6) is 0 Å². The summed E-state index contributed by atoms with van der Waals surface area (Å²) in [5.74, 6) is 0.165. The third kappa shape index (κ3) is 3.84. The molecule has 1 heterocycles. The SMILES string of the molecule is C=CCOC[C@H](O)Cn1ccc(N)nc1=O. The molecule has 16 heavy (non-hydrogen) atoms. The Morgan fingerprint density at radius 2 is 2.50 bits per heavy atom. The van der Waals surface area contributed by atoms with E-state index in [0.717, 1.165) is 0 Å². The van der Waals surface area contributed by atoms with Crippen LogP contribution in [0.2, 0.25) is 0 Å². The second-order valence-corrected chi connectivity index (χ2v) is 3.27. The molecule has 1 aromatic heterocycles. The lowest BCUT2D eigenvalue weighted by molar-refractivity contribution is 0.0389. The van der Waals surface area contributed by atoms with Gasteiger partial charge < -0.3 is 15.6 Å². The van der Waals surface area contributed by atoms with Crippen molar-refractivity contribution < 1.29 is 9.84 Å². The van der Waals surface area contributed by atoms with E-state index in [1.165, 1.54) is 16.8 Å². The number of nitrogens with two attached hydrogens (primary N) is 1. The van der Waals surface area contributed by atoms with Crippen LogP contribution in [-0.4, -0.2) is 34.0 Å². The number of aliphatic hydroxyl groups is 1. The highest BCUT2D eigenvalue weighted by atomic mass is 16.5. The molecule has 0 aromatic carbocycles. The van der Waals surface area contributed by atoms with E-state index in [1.807, 2.05) is 0 Å². The largest absolute Gasteiger partial charge is 0.389 e. The van der Waals surface area contributed by atoms with Crippen molar-refractivity contribution in [3.63, 3.8) is 0 Å². The van der Waals surface area contributed by atoms with Crippen LogP contribution in [0.15, 0.2) is 29.7 Å². The van der Waals surface area contributed by atoms with Gasteiger partial charge in [-0.25, -0.2) is 4.79 Å². The van der Waals surface area contributed by atoms with Crippen molar-refractivity contribution in [1.82, 2.24) is 9.55 Å². The van der Waals surface area contributed by atoms with E-state index < -0.39 is 11.8 Å². The molecule has 0 aliphatic rings. The van der Waals surface area contributed by atoms with Gasteiger partial charge in [0, 0.05) is 6.20 Å². The first-order valence-electron chi connectivity index (χ1n) is 4.83. The first-order valence-corrected chi connectivity index (χ1v) is 4.83. The fourth-order valence-electron chi connectivity index (χ4n) is 1.15. The molecule has 0 spiro atoms. The smallest absolute Gasteiger partial charge is 0.349 e. The molecule has 0 aliphatic heterocycles. The van der Waals surface area contributed by atoms with Gasteiger partial charge in [-0.15, -0.1) is 6.58 Å². The van der Waals surface area contributed by atoms with Crippen LogP contribution in [0.3, 0.4) is 0 Å². The van der Waals surface area contributed by atoms with E-state index in [4.69, 9.17) is 10.5 Å². The molecule has 1 atom stereocenters. The Morgan fingerprint density at radius 1 is 1.75 bits per heavy atom. The van der Waals surface area contributed by atoms with Crippen LogP contribution in [0.4, 0.5) is 5.82 Å².